The van der Waals surface area contributed by atoms with Gasteiger partial charge in [-0.15, -0.1) is 0 Å². The molecule has 0 spiro atoms. The summed E-state index contributed by atoms with van der Waals surface area (Å²) in [7, 11) is 1.59. The van der Waals surface area contributed by atoms with Crippen molar-refractivity contribution in [1.29, 1.82) is 5.26 Å². The first-order valence-corrected chi connectivity index (χ1v) is 7.37. The molecule has 2 aromatic rings. The van der Waals surface area contributed by atoms with Gasteiger partial charge in [-0.05, 0) is 35.6 Å². The zero-order chi connectivity index (χ0) is 16.1. The summed E-state index contributed by atoms with van der Waals surface area (Å²) in [4.78, 5) is 0. The first-order valence-electron chi connectivity index (χ1n) is 7.37. The molecule has 0 saturated heterocycles. The Labute approximate surface area is 131 Å². The molecule has 2 rings (SSSR count). The second-order valence-electron chi connectivity index (χ2n) is 5.63. The topological polar surface area (TPSA) is 33.0 Å². The standard InChI is InChI=1S/C19H20FNO/c1-13(2)14-8-9-19(22-3)17(11-14)16(12-21)10-15-6-4-5-7-18(15)20/h4-9,11,13,16H,10H2,1-3H3. The third-order valence-electron chi connectivity index (χ3n) is 3.83. The SMILES string of the molecule is COc1ccc(C(C)C)cc1C(C#N)Cc1ccccc1F. The van der Waals surface area contributed by atoms with E-state index in [0.717, 1.165) is 11.1 Å². The van der Waals surface area contributed by atoms with Crippen LogP contribution in [0.25, 0.3) is 0 Å². The molecule has 0 saturated carbocycles. The molecule has 1 unspecified atom stereocenters. The van der Waals surface area contributed by atoms with Crippen molar-refractivity contribution in [1.82, 2.24) is 0 Å². The molecular formula is C19H20FNO. The van der Waals surface area contributed by atoms with Crippen LogP contribution in [0.5, 0.6) is 5.75 Å². The summed E-state index contributed by atoms with van der Waals surface area (Å²) < 4.78 is 19.2. The summed E-state index contributed by atoms with van der Waals surface area (Å²) in [6.07, 6.45) is 0.334. The quantitative estimate of drug-likeness (QED) is 0.793. The predicted octanol–water partition coefficient (Wildman–Crippen LogP) is 4.81. The van der Waals surface area contributed by atoms with Gasteiger partial charge >= 0.3 is 0 Å². The van der Waals surface area contributed by atoms with Crippen LogP contribution in [0.3, 0.4) is 0 Å². The molecular weight excluding hydrogens is 277 g/mol. The van der Waals surface area contributed by atoms with Crippen molar-refractivity contribution < 1.29 is 9.13 Å². The number of nitriles is 1. The molecule has 1 atom stereocenters. The number of nitrogens with zero attached hydrogens (tertiary/aromatic N) is 1. The molecule has 0 fully saturated rings. The van der Waals surface area contributed by atoms with Crippen molar-refractivity contribution in [2.24, 2.45) is 0 Å². The number of hydrogen-bond donors (Lipinski definition) is 0. The number of benzene rings is 2. The minimum Gasteiger partial charge on any atom is -0.496 e. The zero-order valence-electron chi connectivity index (χ0n) is 13.1. The second-order valence-corrected chi connectivity index (χ2v) is 5.63. The van der Waals surface area contributed by atoms with Gasteiger partial charge in [0.15, 0.2) is 0 Å². The van der Waals surface area contributed by atoms with Gasteiger partial charge in [-0.2, -0.15) is 5.26 Å². The molecule has 0 aliphatic heterocycles. The van der Waals surface area contributed by atoms with Crippen LogP contribution in [0.4, 0.5) is 4.39 Å². The fraction of sp³-hybridized carbons (Fsp3) is 0.316. The summed E-state index contributed by atoms with van der Waals surface area (Å²) in [5.74, 6) is 0.317. The maximum Gasteiger partial charge on any atom is 0.126 e. The van der Waals surface area contributed by atoms with Crippen LogP contribution in [-0.4, -0.2) is 7.11 Å². The molecule has 3 heteroatoms. The van der Waals surface area contributed by atoms with Crippen molar-refractivity contribution in [2.75, 3.05) is 7.11 Å². The molecule has 2 nitrogen and oxygen atoms in total. The third-order valence-corrected chi connectivity index (χ3v) is 3.83. The second kappa shape index (κ2) is 7.09. The molecule has 114 valence electrons. The Morgan fingerprint density at radius 2 is 1.91 bits per heavy atom. The first-order chi connectivity index (χ1) is 10.6. The molecule has 0 aliphatic carbocycles. The van der Waals surface area contributed by atoms with Crippen LogP contribution in [-0.2, 0) is 6.42 Å². The molecule has 22 heavy (non-hydrogen) atoms. The molecule has 0 radical (unpaired) electrons. The molecule has 0 bridgehead atoms. The summed E-state index contributed by atoms with van der Waals surface area (Å²) in [6.45, 7) is 4.20. The van der Waals surface area contributed by atoms with Crippen molar-refractivity contribution >= 4 is 0 Å². The lowest BCUT2D eigenvalue weighted by Crippen LogP contribution is -2.05. The minimum absolute atomic E-state index is 0.276. The summed E-state index contributed by atoms with van der Waals surface area (Å²) in [6, 6.07) is 14.8. The maximum atomic E-state index is 13.9. The highest BCUT2D eigenvalue weighted by atomic mass is 19.1. The highest BCUT2D eigenvalue weighted by Gasteiger charge is 2.19. The van der Waals surface area contributed by atoms with Gasteiger partial charge < -0.3 is 4.74 Å². The van der Waals surface area contributed by atoms with E-state index in [1.165, 1.54) is 6.07 Å². The van der Waals surface area contributed by atoms with Crippen molar-refractivity contribution in [3.8, 4) is 11.8 Å². The van der Waals surface area contributed by atoms with Crippen LogP contribution in [0.15, 0.2) is 42.5 Å². The Balaban J connectivity index is 2.40. The van der Waals surface area contributed by atoms with E-state index in [9.17, 15) is 9.65 Å². The van der Waals surface area contributed by atoms with Gasteiger partial charge in [-0.25, -0.2) is 4.39 Å². The number of hydrogen-bond acceptors (Lipinski definition) is 2. The van der Waals surface area contributed by atoms with E-state index in [-0.39, 0.29) is 5.82 Å². The zero-order valence-corrected chi connectivity index (χ0v) is 13.1. The van der Waals surface area contributed by atoms with E-state index in [4.69, 9.17) is 4.74 Å². The highest BCUT2D eigenvalue weighted by molar-refractivity contribution is 5.44. The van der Waals surface area contributed by atoms with Crippen LogP contribution in [0.2, 0.25) is 0 Å². The lowest BCUT2D eigenvalue weighted by atomic mass is 9.89. The van der Waals surface area contributed by atoms with Crippen molar-refractivity contribution in [2.45, 2.75) is 32.1 Å². The Morgan fingerprint density at radius 3 is 2.50 bits per heavy atom. The summed E-state index contributed by atoms with van der Waals surface area (Å²) >= 11 is 0. The van der Waals surface area contributed by atoms with Gasteiger partial charge in [-0.3, -0.25) is 0 Å². The molecule has 0 aliphatic rings. The number of ether oxygens (including phenoxy) is 1. The van der Waals surface area contributed by atoms with E-state index in [2.05, 4.69) is 19.9 Å². The molecule has 2 aromatic carbocycles. The van der Waals surface area contributed by atoms with E-state index in [1.54, 1.807) is 25.3 Å². The average molecular weight is 297 g/mol. The molecule has 0 N–H and O–H groups in total. The van der Waals surface area contributed by atoms with Crippen LogP contribution >= 0.6 is 0 Å². The van der Waals surface area contributed by atoms with Gasteiger partial charge in [0, 0.05) is 5.56 Å². The fourth-order valence-corrected chi connectivity index (χ4v) is 2.49. The Morgan fingerprint density at radius 1 is 1.18 bits per heavy atom. The Bertz CT molecular complexity index is 688. The first kappa shape index (κ1) is 16.0. The normalized spacial score (nSPS) is 12.0. The third kappa shape index (κ3) is 3.46. The van der Waals surface area contributed by atoms with Gasteiger partial charge in [-0.1, -0.05) is 44.2 Å². The van der Waals surface area contributed by atoms with Crippen molar-refractivity contribution in [3.63, 3.8) is 0 Å². The van der Waals surface area contributed by atoms with E-state index in [1.807, 2.05) is 18.2 Å². The monoisotopic (exact) mass is 297 g/mol. The Kier molecular flexibility index (Phi) is 5.16. The molecule has 0 aromatic heterocycles. The number of methoxy groups -OCH3 is 1. The largest absolute Gasteiger partial charge is 0.496 e. The lowest BCUT2D eigenvalue weighted by molar-refractivity contribution is 0.407. The van der Waals surface area contributed by atoms with Gasteiger partial charge in [0.2, 0.25) is 0 Å². The number of rotatable bonds is 5. The van der Waals surface area contributed by atoms with Crippen molar-refractivity contribution in [3.05, 3.63) is 65.0 Å². The van der Waals surface area contributed by atoms with E-state index >= 15 is 0 Å². The van der Waals surface area contributed by atoms with Crippen LogP contribution in [0.1, 0.15) is 42.4 Å². The summed E-state index contributed by atoms with van der Waals surface area (Å²) in [5, 5.41) is 9.55. The maximum absolute atomic E-state index is 13.9. The predicted molar refractivity (Wildman–Crippen MR) is 85.5 cm³/mol. The van der Waals surface area contributed by atoms with E-state index < -0.39 is 5.92 Å². The van der Waals surface area contributed by atoms with E-state index in [0.29, 0.717) is 23.7 Å². The lowest BCUT2D eigenvalue weighted by Gasteiger charge is -2.17. The summed E-state index contributed by atoms with van der Waals surface area (Å²) in [5.41, 5.74) is 2.51. The molecule has 0 heterocycles. The van der Waals surface area contributed by atoms with Crippen LogP contribution < -0.4 is 4.74 Å². The van der Waals surface area contributed by atoms with Gasteiger partial charge in [0.25, 0.3) is 0 Å². The number of halogens is 1. The highest BCUT2D eigenvalue weighted by Crippen LogP contribution is 2.32. The van der Waals surface area contributed by atoms with Gasteiger partial charge in [0.1, 0.15) is 11.6 Å². The van der Waals surface area contributed by atoms with Crippen LogP contribution in [0, 0.1) is 17.1 Å². The van der Waals surface area contributed by atoms with Gasteiger partial charge in [0.05, 0.1) is 19.1 Å². The average Bonchev–Trinajstić information content (AvgIpc) is 2.53. The smallest absolute Gasteiger partial charge is 0.126 e. The molecule has 0 amide bonds. The Hall–Kier alpha value is -2.34. The fourth-order valence-electron chi connectivity index (χ4n) is 2.49. The minimum atomic E-state index is -0.439.